The van der Waals surface area contributed by atoms with Crippen molar-refractivity contribution >= 4 is 24.7 Å². The number of nitrogens with zero attached hydrogens (tertiary/aromatic N) is 1. The van der Waals surface area contributed by atoms with E-state index in [1.165, 1.54) is 6.40 Å². The van der Waals surface area contributed by atoms with Gasteiger partial charge in [0.1, 0.15) is 0 Å². The van der Waals surface area contributed by atoms with E-state index in [0.717, 1.165) is 16.7 Å². The van der Waals surface area contributed by atoms with Gasteiger partial charge in [-0.15, -0.1) is 0 Å². The summed E-state index contributed by atoms with van der Waals surface area (Å²) in [6.45, 7) is 10.2. The Kier molecular flexibility index (Phi) is 3.94. The number of aryl methyl sites for hydroxylation is 1. The van der Waals surface area contributed by atoms with Gasteiger partial charge in [0.15, 0.2) is 6.40 Å². The van der Waals surface area contributed by atoms with E-state index in [2.05, 4.69) is 32.7 Å². The lowest BCUT2D eigenvalue weighted by Crippen LogP contribution is -2.41. The Morgan fingerprint density at radius 2 is 1.75 bits per heavy atom. The second-order valence-electron chi connectivity index (χ2n) is 6.10. The molecule has 1 aromatic rings. The normalized spacial score (nSPS) is 20.6. The molecule has 1 aliphatic heterocycles. The number of hydrogen-bond acceptors (Lipinski definition) is 4. The molecule has 4 nitrogen and oxygen atoms in total. The molecule has 0 aromatic heterocycles. The molecule has 0 N–H and O–H groups in total. The summed E-state index contributed by atoms with van der Waals surface area (Å²) in [7, 11) is 1.25. The van der Waals surface area contributed by atoms with Gasteiger partial charge < -0.3 is 14.0 Å². The summed E-state index contributed by atoms with van der Waals surface area (Å²) in [4.78, 5) is 4.22. The Labute approximate surface area is 121 Å². The number of methoxy groups -OCH3 is 1. The van der Waals surface area contributed by atoms with E-state index < -0.39 is 0 Å². The van der Waals surface area contributed by atoms with Crippen LogP contribution in [0.15, 0.2) is 23.2 Å². The summed E-state index contributed by atoms with van der Waals surface area (Å²) in [5.74, 6) is 0. The molecule has 1 aliphatic rings. The Morgan fingerprint density at radius 1 is 1.15 bits per heavy atom. The van der Waals surface area contributed by atoms with Crippen molar-refractivity contribution in [3.05, 3.63) is 23.8 Å². The predicted octanol–water partition coefficient (Wildman–Crippen LogP) is 2.60. The molecule has 2 rings (SSSR count). The van der Waals surface area contributed by atoms with Gasteiger partial charge in [-0.25, -0.2) is 4.99 Å². The van der Waals surface area contributed by atoms with Gasteiger partial charge in [-0.2, -0.15) is 0 Å². The number of ether oxygens (including phenoxy) is 1. The van der Waals surface area contributed by atoms with Crippen LogP contribution in [0.25, 0.3) is 0 Å². The molecule has 0 radical (unpaired) electrons. The lowest BCUT2D eigenvalue weighted by Gasteiger charge is -2.32. The molecule has 20 heavy (non-hydrogen) atoms. The van der Waals surface area contributed by atoms with Gasteiger partial charge in [0.25, 0.3) is 0 Å². The first-order valence-electron chi connectivity index (χ1n) is 6.78. The zero-order valence-corrected chi connectivity index (χ0v) is 13.1. The van der Waals surface area contributed by atoms with E-state index in [9.17, 15) is 0 Å². The lowest BCUT2D eigenvalue weighted by molar-refractivity contribution is 0.00578. The summed E-state index contributed by atoms with van der Waals surface area (Å²) in [6, 6.07) is 5.98. The molecule has 0 spiro atoms. The van der Waals surface area contributed by atoms with Gasteiger partial charge >= 0.3 is 7.12 Å². The zero-order valence-electron chi connectivity index (χ0n) is 13.1. The molecule has 108 valence electrons. The fourth-order valence-electron chi connectivity index (χ4n) is 2.06. The first kappa shape index (κ1) is 15.1. The first-order valence-corrected chi connectivity index (χ1v) is 6.78. The number of hydrogen-bond donors (Lipinski definition) is 0. The highest BCUT2D eigenvalue weighted by molar-refractivity contribution is 6.62. The van der Waals surface area contributed by atoms with Gasteiger partial charge in [-0.1, -0.05) is 12.1 Å². The van der Waals surface area contributed by atoms with Crippen LogP contribution in [-0.4, -0.2) is 31.8 Å². The third-order valence-corrected chi connectivity index (χ3v) is 4.04. The third kappa shape index (κ3) is 2.74. The quantitative estimate of drug-likeness (QED) is 0.483. The van der Waals surface area contributed by atoms with Crippen LogP contribution in [-0.2, 0) is 14.0 Å². The topological polar surface area (TPSA) is 40.0 Å². The maximum Gasteiger partial charge on any atom is 0.494 e. The van der Waals surface area contributed by atoms with E-state index in [4.69, 9.17) is 14.0 Å². The van der Waals surface area contributed by atoms with E-state index in [1.807, 2.05) is 25.1 Å². The van der Waals surface area contributed by atoms with E-state index in [0.29, 0.717) is 0 Å². The summed E-state index contributed by atoms with van der Waals surface area (Å²) >= 11 is 0. The highest BCUT2D eigenvalue weighted by atomic mass is 16.7. The average molecular weight is 275 g/mol. The second kappa shape index (κ2) is 5.22. The molecule has 1 saturated heterocycles. The first-order chi connectivity index (χ1) is 9.27. The molecule has 0 amide bonds. The number of aliphatic imine (C=N–C) groups is 1. The monoisotopic (exact) mass is 275 g/mol. The average Bonchev–Trinajstić information content (AvgIpc) is 2.57. The van der Waals surface area contributed by atoms with Crippen molar-refractivity contribution in [3.8, 4) is 0 Å². The van der Waals surface area contributed by atoms with Crippen LogP contribution in [0.1, 0.15) is 33.3 Å². The van der Waals surface area contributed by atoms with Gasteiger partial charge in [0, 0.05) is 0 Å². The lowest BCUT2D eigenvalue weighted by atomic mass is 9.78. The van der Waals surface area contributed by atoms with Crippen molar-refractivity contribution in [1.82, 2.24) is 0 Å². The highest BCUT2D eigenvalue weighted by Crippen LogP contribution is 2.36. The van der Waals surface area contributed by atoms with Crippen molar-refractivity contribution in [2.75, 3.05) is 7.11 Å². The van der Waals surface area contributed by atoms with E-state index in [1.54, 1.807) is 7.11 Å². The predicted molar refractivity (Wildman–Crippen MR) is 82.1 cm³/mol. The largest absolute Gasteiger partial charge is 0.494 e. The van der Waals surface area contributed by atoms with Crippen molar-refractivity contribution in [2.45, 2.75) is 45.8 Å². The molecule has 0 aliphatic carbocycles. The molecule has 5 heteroatoms. The summed E-state index contributed by atoms with van der Waals surface area (Å²) in [5, 5.41) is 0. The Hall–Kier alpha value is -1.33. The van der Waals surface area contributed by atoms with E-state index >= 15 is 0 Å². The fraction of sp³-hybridized carbons (Fsp3) is 0.533. The molecule has 1 aromatic carbocycles. The zero-order chi connectivity index (χ0) is 15.0. The van der Waals surface area contributed by atoms with Crippen LogP contribution in [0.3, 0.4) is 0 Å². The van der Waals surface area contributed by atoms with Gasteiger partial charge in [0.2, 0.25) is 0 Å². The minimum atomic E-state index is -0.334. The van der Waals surface area contributed by atoms with E-state index in [-0.39, 0.29) is 18.3 Å². The number of rotatable bonds is 3. The van der Waals surface area contributed by atoms with Crippen LogP contribution in [0.4, 0.5) is 5.69 Å². The van der Waals surface area contributed by atoms with Crippen molar-refractivity contribution in [3.63, 3.8) is 0 Å². The molecular formula is C15H22BNO3. The van der Waals surface area contributed by atoms with Crippen LogP contribution in [0, 0.1) is 6.92 Å². The van der Waals surface area contributed by atoms with Crippen LogP contribution in [0.2, 0.25) is 0 Å². The minimum Gasteiger partial charge on any atom is -0.486 e. The molecule has 0 saturated carbocycles. The molecular weight excluding hydrogens is 253 g/mol. The standard InChI is InChI=1S/C15H22BNO3/c1-11-9-12(7-8-13(11)17-10-18-6)16-19-14(2,3)15(4,5)20-16/h7-10H,1-6H3. The van der Waals surface area contributed by atoms with Crippen LogP contribution < -0.4 is 5.46 Å². The van der Waals surface area contributed by atoms with Gasteiger partial charge in [0.05, 0.1) is 24.0 Å². The Morgan fingerprint density at radius 3 is 2.25 bits per heavy atom. The highest BCUT2D eigenvalue weighted by Gasteiger charge is 2.51. The maximum atomic E-state index is 6.04. The van der Waals surface area contributed by atoms with Crippen LogP contribution >= 0.6 is 0 Å². The fourth-order valence-corrected chi connectivity index (χ4v) is 2.06. The van der Waals surface area contributed by atoms with Gasteiger partial charge in [-0.3, -0.25) is 0 Å². The molecule has 0 bridgehead atoms. The van der Waals surface area contributed by atoms with Gasteiger partial charge in [-0.05, 0) is 51.7 Å². The molecule has 1 heterocycles. The van der Waals surface area contributed by atoms with Crippen molar-refractivity contribution in [1.29, 1.82) is 0 Å². The van der Waals surface area contributed by atoms with Crippen molar-refractivity contribution < 1.29 is 14.0 Å². The molecule has 0 unspecified atom stereocenters. The molecule has 0 atom stereocenters. The smallest absolute Gasteiger partial charge is 0.486 e. The summed E-state index contributed by atoms with van der Waals surface area (Å²) in [5.41, 5.74) is 2.31. The molecule has 1 fully saturated rings. The minimum absolute atomic E-state index is 0.321. The van der Waals surface area contributed by atoms with Crippen LogP contribution in [0.5, 0.6) is 0 Å². The second-order valence-corrected chi connectivity index (χ2v) is 6.10. The summed E-state index contributed by atoms with van der Waals surface area (Å²) in [6.07, 6.45) is 1.43. The SMILES string of the molecule is COC=Nc1ccc(B2OC(C)(C)C(C)(C)O2)cc1C. The van der Waals surface area contributed by atoms with Crippen molar-refractivity contribution in [2.24, 2.45) is 4.99 Å². The Balaban J connectivity index is 2.24. The third-order valence-electron chi connectivity index (χ3n) is 4.04. The maximum absolute atomic E-state index is 6.04. The summed E-state index contributed by atoms with van der Waals surface area (Å²) < 4.78 is 16.9. The Bertz CT molecular complexity index is 510. The number of benzene rings is 1.